The molecule has 3 nitrogen and oxygen atoms in total. The second-order valence-electron chi connectivity index (χ2n) is 2.02. The highest BCUT2D eigenvalue weighted by Crippen LogP contribution is 2.03. The normalized spacial score (nSPS) is 27.8. The Bertz CT molecular complexity index is 112. The van der Waals surface area contributed by atoms with E-state index in [-0.39, 0.29) is 6.04 Å². The predicted molar refractivity (Wildman–Crippen MR) is 32.7 cm³/mol. The van der Waals surface area contributed by atoms with Crippen molar-refractivity contribution < 1.29 is 15.2 Å². The van der Waals surface area contributed by atoms with Gasteiger partial charge in [0.1, 0.15) is 11.9 Å². The Kier molecular flexibility index (Phi) is 2.36. The summed E-state index contributed by atoms with van der Waals surface area (Å²) in [5.41, 5.74) is 0. The van der Waals surface area contributed by atoms with E-state index < -0.39 is 5.97 Å². The molecule has 0 bridgehead atoms. The number of carboxylic acid groups (broad SMARTS) is 1. The number of aliphatic carboxylic acids is 1. The Morgan fingerprint density at radius 3 is 2.89 bits per heavy atom. The zero-order valence-electron chi connectivity index (χ0n) is 5.00. The highest BCUT2D eigenvalue weighted by Gasteiger charge is 2.16. The molecular weight excluding hydrogens is 138 g/mol. The van der Waals surface area contributed by atoms with Crippen LogP contribution in [0.1, 0.15) is 6.42 Å². The lowest BCUT2D eigenvalue weighted by Gasteiger charge is -2.19. The molecule has 1 aliphatic rings. The number of quaternary nitrogens is 1. The fraction of sp³-hybridized carbons (Fsp3) is 0.800. The van der Waals surface area contributed by atoms with E-state index in [0.717, 1.165) is 18.1 Å². The molecule has 1 atom stereocenters. The molecule has 0 aromatic carbocycles. The van der Waals surface area contributed by atoms with Gasteiger partial charge in [-0.3, -0.25) is 0 Å². The van der Waals surface area contributed by atoms with E-state index in [9.17, 15) is 9.90 Å². The Balaban J connectivity index is 2.31. The van der Waals surface area contributed by atoms with Crippen molar-refractivity contribution in [1.82, 2.24) is 0 Å². The summed E-state index contributed by atoms with van der Waals surface area (Å²) < 4.78 is 0. The highest BCUT2D eigenvalue weighted by atomic mass is 32.2. The Labute approximate surface area is 57.8 Å². The van der Waals surface area contributed by atoms with Gasteiger partial charge in [-0.15, -0.1) is 11.8 Å². The lowest BCUT2D eigenvalue weighted by atomic mass is 10.2. The second kappa shape index (κ2) is 3.08. The number of carbonyl (C=O) groups excluding carboxylic acids is 1. The van der Waals surface area contributed by atoms with E-state index in [1.165, 1.54) is 0 Å². The molecule has 9 heavy (non-hydrogen) atoms. The van der Waals surface area contributed by atoms with Crippen LogP contribution in [0.3, 0.4) is 0 Å². The van der Waals surface area contributed by atoms with E-state index >= 15 is 0 Å². The van der Waals surface area contributed by atoms with E-state index in [1.807, 2.05) is 5.32 Å². The third-order valence-electron chi connectivity index (χ3n) is 1.37. The Hall–Kier alpha value is -0.220. The van der Waals surface area contributed by atoms with Gasteiger partial charge < -0.3 is 15.2 Å². The van der Waals surface area contributed by atoms with Crippen LogP contribution >= 0.6 is 11.8 Å². The van der Waals surface area contributed by atoms with Crippen LogP contribution in [0.2, 0.25) is 0 Å². The van der Waals surface area contributed by atoms with Crippen molar-refractivity contribution in [2.24, 2.45) is 0 Å². The molecule has 0 aromatic rings. The Morgan fingerprint density at radius 2 is 2.56 bits per heavy atom. The lowest BCUT2D eigenvalue weighted by Crippen LogP contribution is -2.93. The summed E-state index contributed by atoms with van der Waals surface area (Å²) in [5.74, 6) is 0.892. The van der Waals surface area contributed by atoms with Crippen molar-refractivity contribution in [3.8, 4) is 0 Å². The third-order valence-corrected chi connectivity index (χ3v) is 2.33. The molecule has 0 aromatic heterocycles. The average Bonchev–Trinajstić information content (AvgIpc) is 1.90. The van der Waals surface area contributed by atoms with Crippen LogP contribution in [-0.4, -0.2) is 23.6 Å². The molecule has 1 aliphatic heterocycles. The van der Waals surface area contributed by atoms with Crippen molar-refractivity contribution in [3.05, 3.63) is 0 Å². The average molecular weight is 147 g/mol. The fourth-order valence-electron chi connectivity index (χ4n) is 0.810. The summed E-state index contributed by atoms with van der Waals surface area (Å²) >= 11 is 1.77. The second-order valence-corrected chi connectivity index (χ2v) is 3.17. The van der Waals surface area contributed by atoms with Crippen LogP contribution in [0.5, 0.6) is 0 Å². The van der Waals surface area contributed by atoms with Crippen LogP contribution in [-0.2, 0) is 4.79 Å². The number of rotatable bonds is 1. The molecule has 0 unspecified atom stereocenters. The molecule has 1 saturated heterocycles. The molecule has 1 heterocycles. The van der Waals surface area contributed by atoms with Gasteiger partial charge in [0.15, 0.2) is 0 Å². The molecule has 0 aliphatic carbocycles. The van der Waals surface area contributed by atoms with Gasteiger partial charge in [0.05, 0.1) is 5.97 Å². The topological polar surface area (TPSA) is 56.7 Å². The largest absolute Gasteiger partial charge is 0.544 e. The van der Waals surface area contributed by atoms with Crippen molar-refractivity contribution in [1.29, 1.82) is 0 Å². The maximum atomic E-state index is 10.2. The van der Waals surface area contributed by atoms with Crippen LogP contribution in [0.25, 0.3) is 0 Å². The quantitative estimate of drug-likeness (QED) is 0.456. The van der Waals surface area contributed by atoms with Crippen LogP contribution in [0.15, 0.2) is 0 Å². The molecule has 52 valence electrons. The van der Waals surface area contributed by atoms with E-state index in [0.29, 0.717) is 0 Å². The van der Waals surface area contributed by atoms with Gasteiger partial charge in [-0.1, -0.05) is 0 Å². The van der Waals surface area contributed by atoms with Gasteiger partial charge in [-0.25, -0.2) is 0 Å². The van der Waals surface area contributed by atoms with Crippen LogP contribution < -0.4 is 10.4 Å². The maximum absolute atomic E-state index is 10.2. The SMILES string of the molecule is O=C([O-])[C@@H]1CCSC[NH2+]1. The molecule has 2 N–H and O–H groups in total. The first-order valence-electron chi connectivity index (χ1n) is 2.92. The van der Waals surface area contributed by atoms with Gasteiger partial charge in [0, 0.05) is 12.2 Å². The first-order valence-corrected chi connectivity index (χ1v) is 4.08. The van der Waals surface area contributed by atoms with Crippen molar-refractivity contribution >= 4 is 17.7 Å². The highest BCUT2D eigenvalue weighted by molar-refractivity contribution is 7.99. The molecule has 0 saturated carbocycles. The van der Waals surface area contributed by atoms with Crippen molar-refractivity contribution in [2.45, 2.75) is 12.5 Å². The minimum absolute atomic E-state index is 0.286. The predicted octanol–water partition coefficient (Wildman–Crippen LogP) is -2.24. The minimum atomic E-state index is -0.921. The monoisotopic (exact) mass is 147 g/mol. The zero-order valence-corrected chi connectivity index (χ0v) is 5.82. The molecule has 0 radical (unpaired) electrons. The summed E-state index contributed by atoms with van der Waals surface area (Å²) in [7, 11) is 0. The minimum Gasteiger partial charge on any atom is -0.544 e. The summed E-state index contributed by atoms with van der Waals surface area (Å²) in [6.07, 6.45) is 0.743. The number of carbonyl (C=O) groups is 1. The summed E-state index contributed by atoms with van der Waals surface area (Å²) in [4.78, 5) is 10.2. The van der Waals surface area contributed by atoms with Crippen molar-refractivity contribution in [2.75, 3.05) is 11.6 Å². The summed E-state index contributed by atoms with van der Waals surface area (Å²) in [6.45, 7) is 0. The van der Waals surface area contributed by atoms with Gasteiger partial charge in [0.2, 0.25) is 0 Å². The van der Waals surface area contributed by atoms with Gasteiger partial charge in [0.25, 0.3) is 0 Å². The van der Waals surface area contributed by atoms with Crippen LogP contribution in [0, 0.1) is 0 Å². The van der Waals surface area contributed by atoms with Gasteiger partial charge in [-0.05, 0) is 0 Å². The van der Waals surface area contributed by atoms with E-state index in [2.05, 4.69) is 0 Å². The molecule has 1 rings (SSSR count). The first-order chi connectivity index (χ1) is 4.30. The number of thioether (sulfide) groups is 1. The molecular formula is C5H9NO2S. The van der Waals surface area contributed by atoms with Crippen molar-refractivity contribution in [3.63, 3.8) is 0 Å². The van der Waals surface area contributed by atoms with Crippen LogP contribution in [0.4, 0.5) is 0 Å². The van der Waals surface area contributed by atoms with Gasteiger partial charge in [-0.2, -0.15) is 0 Å². The third kappa shape index (κ3) is 1.87. The molecule has 1 fully saturated rings. The lowest BCUT2D eigenvalue weighted by molar-refractivity contribution is -0.668. The maximum Gasteiger partial charge on any atom is 0.127 e. The standard InChI is InChI=1S/C5H9NO2S/c7-5(8)4-1-2-9-3-6-4/h4,6H,1-3H2,(H,7,8)/t4-/m0/s1. The smallest absolute Gasteiger partial charge is 0.127 e. The molecule has 0 amide bonds. The number of carboxylic acids is 1. The summed E-state index contributed by atoms with van der Waals surface area (Å²) in [6, 6.07) is -0.286. The van der Waals surface area contributed by atoms with E-state index in [1.54, 1.807) is 11.8 Å². The number of hydrogen-bond donors (Lipinski definition) is 1. The molecule has 0 spiro atoms. The molecule has 4 heteroatoms. The van der Waals surface area contributed by atoms with E-state index in [4.69, 9.17) is 0 Å². The zero-order chi connectivity index (χ0) is 6.69. The summed E-state index contributed by atoms with van der Waals surface area (Å²) in [5, 5.41) is 12.0. The Morgan fingerprint density at radius 1 is 1.78 bits per heavy atom. The number of hydrogen-bond acceptors (Lipinski definition) is 3. The van der Waals surface area contributed by atoms with Gasteiger partial charge >= 0.3 is 0 Å². The first kappa shape index (κ1) is 6.89. The number of nitrogens with two attached hydrogens (primary N) is 1. The fourth-order valence-corrected chi connectivity index (χ4v) is 1.77.